The third-order valence-corrected chi connectivity index (χ3v) is 8.65. The van der Waals surface area contributed by atoms with E-state index in [-0.39, 0.29) is 23.8 Å². The molecule has 2 fully saturated rings. The molecule has 8 nitrogen and oxygen atoms in total. The number of likely N-dealkylation sites (tertiary alicyclic amines) is 1. The first-order chi connectivity index (χ1) is 20.2. The van der Waals surface area contributed by atoms with Gasteiger partial charge in [0.1, 0.15) is 5.69 Å². The minimum atomic E-state index is -4.43. The van der Waals surface area contributed by atoms with E-state index < -0.39 is 11.7 Å². The van der Waals surface area contributed by atoms with Gasteiger partial charge in [0.15, 0.2) is 0 Å². The summed E-state index contributed by atoms with van der Waals surface area (Å²) in [5, 5.41) is 2.63. The van der Waals surface area contributed by atoms with Crippen molar-refractivity contribution in [1.29, 1.82) is 0 Å². The normalized spacial score (nSPS) is 16.4. The molecule has 3 aromatic rings. The largest absolute Gasteiger partial charge is 0.450 e. The van der Waals surface area contributed by atoms with Gasteiger partial charge in [-0.2, -0.15) is 13.2 Å². The van der Waals surface area contributed by atoms with E-state index >= 15 is 0 Å². The van der Waals surface area contributed by atoms with Crippen LogP contribution in [0.2, 0.25) is 0 Å². The van der Waals surface area contributed by atoms with Crippen molar-refractivity contribution >= 4 is 29.2 Å². The molecule has 0 spiro atoms. The molecule has 0 radical (unpaired) electrons. The summed E-state index contributed by atoms with van der Waals surface area (Å²) in [4.78, 5) is 48.1. The zero-order chi connectivity index (χ0) is 29.9. The molecule has 3 heterocycles. The number of piperidine rings is 1. The molecule has 12 heteroatoms. The monoisotopic (exact) mass is 600 g/mol. The molecule has 5 rings (SSSR count). The molecule has 3 amide bonds. The first-order valence-electron chi connectivity index (χ1n) is 13.9. The average molecular weight is 601 g/mol. The smallest absolute Gasteiger partial charge is 0.416 e. The number of alkyl halides is 3. The van der Waals surface area contributed by atoms with Gasteiger partial charge in [0, 0.05) is 56.1 Å². The molecular weight excluding hydrogens is 569 g/mol. The van der Waals surface area contributed by atoms with E-state index in [1.54, 1.807) is 51.3 Å². The molecule has 1 aromatic heterocycles. The third-order valence-electron chi connectivity index (χ3n) is 7.65. The van der Waals surface area contributed by atoms with Gasteiger partial charge in [0.2, 0.25) is 0 Å². The fourth-order valence-electron chi connectivity index (χ4n) is 5.30. The molecule has 0 atom stereocenters. The predicted molar refractivity (Wildman–Crippen MR) is 151 cm³/mol. The second-order valence-electron chi connectivity index (χ2n) is 10.2. The van der Waals surface area contributed by atoms with Crippen LogP contribution in [-0.2, 0) is 10.9 Å². The Morgan fingerprint density at radius 1 is 0.881 bits per heavy atom. The Morgan fingerprint density at radius 3 is 2.14 bits per heavy atom. The van der Waals surface area contributed by atoms with Crippen LogP contribution in [0.25, 0.3) is 11.1 Å². The summed E-state index contributed by atoms with van der Waals surface area (Å²) >= 11 is 1.44. The van der Waals surface area contributed by atoms with E-state index in [1.807, 2.05) is 0 Å². The van der Waals surface area contributed by atoms with Crippen LogP contribution in [-0.4, -0.2) is 83.5 Å². The van der Waals surface area contributed by atoms with Crippen molar-refractivity contribution in [2.75, 3.05) is 45.9 Å². The molecule has 0 saturated carbocycles. The molecular formula is C30H31F3N4O4S. The number of carbonyl (C=O) groups is 3. The van der Waals surface area contributed by atoms with Crippen LogP contribution in [0.3, 0.4) is 0 Å². The SMILES string of the molecule is CCOC(=O)N1CCN(C(=O)c2csc(C3CCN(C(=O)c4ccccc4-c4ccc(C(F)(F)F)cc4)CC3)n2)CC1. The predicted octanol–water partition coefficient (Wildman–Crippen LogP) is 5.76. The molecule has 0 aliphatic carbocycles. The number of hydrogen-bond donors (Lipinski definition) is 0. The number of carbonyl (C=O) groups excluding carboxylic acids is 3. The van der Waals surface area contributed by atoms with Gasteiger partial charge in [0.05, 0.1) is 17.2 Å². The van der Waals surface area contributed by atoms with Crippen molar-refractivity contribution in [2.24, 2.45) is 0 Å². The first-order valence-corrected chi connectivity index (χ1v) is 14.8. The van der Waals surface area contributed by atoms with E-state index in [4.69, 9.17) is 4.74 Å². The fraction of sp³-hybridized carbons (Fsp3) is 0.400. The summed E-state index contributed by atoms with van der Waals surface area (Å²) < 4.78 is 44.1. The lowest BCUT2D eigenvalue weighted by molar-refractivity contribution is -0.137. The minimum absolute atomic E-state index is 0.117. The standard InChI is InChI=1S/C30H31F3N4O4S/c1-2-41-29(40)37-17-15-36(16-18-37)28(39)25-19-42-26(34-25)21-11-13-35(14-12-21)27(38)24-6-4-3-5-23(24)20-7-9-22(10-8-20)30(31,32)33/h3-10,19,21H,2,11-18H2,1H3. The highest BCUT2D eigenvalue weighted by atomic mass is 32.1. The van der Waals surface area contributed by atoms with Gasteiger partial charge in [-0.1, -0.05) is 30.3 Å². The van der Waals surface area contributed by atoms with Crippen molar-refractivity contribution in [3.05, 3.63) is 75.7 Å². The van der Waals surface area contributed by atoms with Crippen molar-refractivity contribution < 1.29 is 32.3 Å². The minimum Gasteiger partial charge on any atom is -0.450 e. The highest BCUT2D eigenvalue weighted by Gasteiger charge is 2.32. The summed E-state index contributed by atoms with van der Waals surface area (Å²) in [5.74, 6) is -0.208. The number of amides is 3. The van der Waals surface area contributed by atoms with Crippen LogP contribution < -0.4 is 0 Å². The number of piperazine rings is 1. The Labute approximate surface area is 245 Å². The molecule has 2 aromatic carbocycles. The molecule has 2 saturated heterocycles. The number of ether oxygens (including phenoxy) is 1. The number of benzene rings is 2. The Hall–Kier alpha value is -3.93. The second kappa shape index (κ2) is 12.5. The number of hydrogen-bond acceptors (Lipinski definition) is 6. The van der Waals surface area contributed by atoms with Gasteiger partial charge in [0.25, 0.3) is 11.8 Å². The molecule has 0 unspecified atom stereocenters. The van der Waals surface area contributed by atoms with Crippen LogP contribution >= 0.6 is 11.3 Å². The summed E-state index contributed by atoms with van der Waals surface area (Å²) in [6.45, 7) is 4.73. The van der Waals surface area contributed by atoms with Crippen molar-refractivity contribution in [2.45, 2.75) is 31.9 Å². The lowest BCUT2D eigenvalue weighted by Gasteiger charge is -2.33. The number of nitrogens with zero attached hydrogens (tertiary/aromatic N) is 4. The topological polar surface area (TPSA) is 83.0 Å². The Morgan fingerprint density at radius 2 is 1.50 bits per heavy atom. The number of rotatable bonds is 5. The van der Waals surface area contributed by atoms with E-state index in [0.29, 0.717) is 81.1 Å². The highest BCUT2D eigenvalue weighted by Crippen LogP contribution is 2.34. The van der Waals surface area contributed by atoms with Crippen LogP contribution in [0.15, 0.2) is 53.9 Å². The number of halogens is 3. The molecule has 0 bridgehead atoms. The van der Waals surface area contributed by atoms with Crippen molar-refractivity contribution in [3.8, 4) is 11.1 Å². The average Bonchev–Trinajstić information content (AvgIpc) is 3.51. The fourth-order valence-corrected chi connectivity index (χ4v) is 6.27. The zero-order valence-corrected chi connectivity index (χ0v) is 23.9. The molecule has 2 aliphatic heterocycles. The zero-order valence-electron chi connectivity index (χ0n) is 23.1. The van der Waals surface area contributed by atoms with E-state index in [9.17, 15) is 27.6 Å². The Kier molecular flexibility index (Phi) is 8.81. The van der Waals surface area contributed by atoms with Gasteiger partial charge in [-0.15, -0.1) is 11.3 Å². The maximum Gasteiger partial charge on any atom is 0.416 e. The summed E-state index contributed by atoms with van der Waals surface area (Å²) in [7, 11) is 0. The van der Waals surface area contributed by atoms with Gasteiger partial charge in [-0.3, -0.25) is 9.59 Å². The van der Waals surface area contributed by atoms with Crippen LogP contribution in [0.4, 0.5) is 18.0 Å². The van der Waals surface area contributed by atoms with E-state index in [1.165, 1.54) is 23.5 Å². The van der Waals surface area contributed by atoms with E-state index in [0.717, 1.165) is 17.1 Å². The van der Waals surface area contributed by atoms with Gasteiger partial charge >= 0.3 is 12.3 Å². The number of thiazole rings is 1. The lowest BCUT2D eigenvalue weighted by Crippen LogP contribution is -2.50. The van der Waals surface area contributed by atoms with Crippen LogP contribution in [0.1, 0.15) is 57.1 Å². The first kappa shape index (κ1) is 29.6. The van der Waals surface area contributed by atoms with Crippen LogP contribution in [0.5, 0.6) is 0 Å². The summed E-state index contributed by atoms with van der Waals surface area (Å²) in [6, 6.07) is 11.8. The Bertz CT molecular complexity index is 1430. The third kappa shape index (κ3) is 6.43. The molecule has 42 heavy (non-hydrogen) atoms. The molecule has 0 N–H and O–H groups in total. The summed E-state index contributed by atoms with van der Waals surface area (Å²) in [6.07, 6.45) is -3.42. The number of aromatic nitrogens is 1. The quantitative estimate of drug-likeness (QED) is 0.372. The van der Waals surface area contributed by atoms with Crippen molar-refractivity contribution in [1.82, 2.24) is 19.7 Å². The second-order valence-corrected chi connectivity index (χ2v) is 11.1. The summed E-state index contributed by atoms with van der Waals surface area (Å²) in [5.41, 5.74) is 1.24. The van der Waals surface area contributed by atoms with Gasteiger partial charge < -0.3 is 19.4 Å². The lowest BCUT2D eigenvalue weighted by atomic mass is 9.94. The maximum absolute atomic E-state index is 13.5. The van der Waals surface area contributed by atoms with Gasteiger partial charge in [-0.05, 0) is 49.1 Å². The molecule has 222 valence electrons. The van der Waals surface area contributed by atoms with E-state index in [2.05, 4.69) is 4.98 Å². The highest BCUT2D eigenvalue weighted by molar-refractivity contribution is 7.09. The maximum atomic E-state index is 13.5. The van der Waals surface area contributed by atoms with Crippen LogP contribution in [0, 0.1) is 0 Å². The molecule has 2 aliphatic rings. The van der Waals surface area contributed by atoms with Crippen molar-refractivity contribution in [3.63, 3.8) is 0 Å². The Balaban J connectivity index is 1.18. The van der Waals surface area contributed by atoms with Gasteiger partial charge in [-0.25, -0.2) is 9.78 Å².